The molecule has 1 saturated carbocycles. The fraction of sp³-hybridized carbons (Fsp3) is 0.250. The topological polar surface area (TPSA) is 47.1 Å². The number of nitrogens with zero attached hydrogens (tertiary/aromatic N) is 1. The highest BCUT2D eigenvalue weighted by molar-refractivity contribution is 5.79. The maximum absolute atomic E-state index is 6.02. The van der Waals surface area contributed by atoms with Crippen LogP contribution in [0.25, 0.3) is 23.2 Å². The van der Waals surface area contributed by atoms with Crippen molar-refractivity contribution in [3.8, 4) is 11.5 Å². The van der Waals surface area contributed by atoms with Crippen LogP contribution in [0.15, 0.2) is 42.5 Å². The Balaban J connectivity index is 1.62. The van der Waals surface area contributed by atoms with Crippen LogP contribution in [0.2, 0.25) is 0 Å². The largest absolute Gasteiger partial charge is 0.493 e. The number of para-hydroxylation sites is 3. The second-order valence-corrected chi connectivity index (χ2v) is 6.11. The number of benzene rings is 2. The standard InChI is InChI=1S/C20H20N2O2/c1-23-18-8-4-5-15(20(18)24-13-14-9-10-14)11-12-19-21-16-6-2-3-7-17(16)22-19/h2-8,11-12,14H,9-10,13H2,1H3,(H,21,22)/b12-11+. The molecule has 4 heteroatoms. The van der Waals surface area contributed by atoms with Gasteiger partial charge in [0, 0.05) is 5.56 Å². The van der Waals surface area contributed by atoms with Crippen LogP contribution in [0.1, 0.15) is 24.2 Å². The number of rotatable bonds is 6. The average molecular weight is 320 g/mol. The molecule has 0 unspecified atom stereocenters. The summed E-state index contributed by atoms with van der Waals surface area (Å²) in [6.07, 6.45) is 6.51. The number of imidazole rings is 1. The maximum atomic E-state index is 6.02. The predicted octanol–water partition coefficient (Wildman–Crippen LogP) is 4.53. The van der Waals surface area contributed by atoms with Crippen molar-refractivity contribution in [2.24, 2.45) is 5.92 Å². The second kappa shape index (κ2) is 6.40. The fourth-order valence-electron chi connectivity index (χ4n) is 2.69. The van der Waals surface area contributed by atoms with E-state index in [4.69, 9.17) is 9.47 Å². The summed E-state index contributed by atoms with van der Waals surface area (Å²) in [7, 11) is 1.67. The lowest BCUT2D eigenvalue weighted by Crippen LogP contribution is -2.02. The van der Waals surface area contributed by atoms with E-state index in [0.717, 1.165) is 40.5 Å². The minimum absolute atomic E-state index is 0.696. The first-order valence-corrected chi connectivity index (χ1v) is 8.26. The highest BCUT2D eigenvalue weighted by Crippen LogP contribution is 2.35. The summed E-state index contributed by atoms with van der Waals surface area (Å²) in [5.74, 6) is 3.09. The molecule has 0 radical (unpaired) electrons. The Kier molecular flexibility index (Phi) is 3.95. The van der Waals surface area contributed by atoms with Crippen molar-refractivity contribution in [1.82, 2.24) is 9.97 Å². The zero-order valence-electron chi connectivity index (χ0n) is 13.7. The van der Waals surface area contributed by atoms with Gasteiger partial charge in [-0.05, 0) is 49.1 Å². The first-order chi connectivity index (χ1) is 11.8. The molecule has 0 aliphatic heterocycles. The Hall–Kier alpha value is -2.75. The third kappa shape index (κ3) is 3.13. The number of aromatic amines is 1. The van der Waals surface area contributed by atoms with E-state index in [-0.39, 0.29) is 0 Å². The summed E-state index contributed by atoms with van der Waals surface area (Å²) < 4.78 is 11.5. The van der Waals surface area contributed by atoms with E-state index in [1.165, 1.54) is 12.8 Å². The third-order valence-electron chi connectivity index (χ3n) is 4.22. The van der Waals surface area contributed by atoms with Crippen LogP contribution in [0, 0.1) is 5.92 Å². The molecular formula is C20H20N2O2. The normalized spacial score (nSPS) is 14.4. The minimum Gasteiger partial charge on any atom is -0.493 e. The number of hydrogen-bond donors (Lipinski definition) is 1. The number of H-pyrrole nitrogens is 1. The van der Waals surface area contributed by atoms with Crippen LogP contribution in [0.3, 0.4) is 0 Å². The van der Waals surface area contributed by atoms with Gasteiger partial charge in [0.1, 0.15) is 5.82 Å². The van der Waals surface area contributed by atoms with Gasteiger partial charge in [-0.1, -0.05) is 24.3 Å². The Morgan fingerprint density at radius 1 is 1.12 bits per heavy atom. The number of methoxy groups -OCH3 is 1. The number of nitrogens with one attached hydrogen (secondary N) is 1. The third-order valence-corrected chi connectivity index (χ3v) is 4.22. The average Bonchev–Trinajstić information content (AvgIpc) is 3.35. The zero-order chi connectivity index (χ0) is 16.4. The monoisotopic (exact) mass is 320 g/mol. The highest BCUT2D eigenvalue weighted by Gasteiger charge is 2.23. The molecule has 0 atom stereocenters. The molecule has 1 aliphatic rings. The predicted molar refractivity (Wildman–Crippen MR) is 96.2 cm³/mol. The molecule has 2 aromatic carbocycles. The summed E-state index contributed by atoms with van der Waals surface area (Å²) in [5.41, 5.74) is 3.00. The van der Waals surface area contributed by atoms with Gasteiger partial charge in [-0.3, -0.25) is 0 Å². The van der Waals surface area contributed by atoms with Crippen LogP contribution in [0.4, 0.5) is 0 Å². The number of fused-ring (bicyclic) bond motifs is 1. The van der Waals surface area contributed by atoms with Gasteiger partial charge in [-0.2, -0.15) is 0 Å². The molecule has 0 saturated heterocycles. The van der Waals surface area contributed by atoms with Crippen LogP contribution in [-0.4, -0.2) is 23.7 Å². The Morgan fingerprint density at radius 2 is 2.00 bits per heavy atom. The lowest BCUT2D eigenvalue weighted by Gasteiger charge is -2.13. The minimum atomic E-state index is 0.696. The van der Waals surface area contributed by atoms with Crippen LogP contribution in [-0.2, 0) is 0 Å². The molecule has 122 valence electrons. The van der Waals surface area contributed by atoms with Gasteiger partial charge in [-0.25, -0.2) is 4.98 Å². The zero-order valence-corrected chi connectivity index (χ0v) is 13.7. The van der Waals surface area contributed by atoms with E-state index < -0.39 is 0 Å². The lowest BCUT2D eigenvalue weighted by atomic mass is 10.1. The highest BCUT2D eigenvalue weighted by atomic mass is 16.5. The molecule has 1 aliphatic carbocycles. The Labute approximate surface area is 141 Å². The molecule has 0 spiro atoms. The van der Waals surface area contributed by atoms with E-state index in [1.54, 1.807) is 7.11 Å². The quantitative estimate of drug-likeness (QED) is 0.726. The van der Waals surface area contributed by atoms with E-state index in [0.29, 0.717) is 5.92 Å². The summed E-state index contributed by atoms with van der Waals surface area (Å²) in [4.78, 5) is 7.87. The van der Waals surface area contributed by atoms with E-state index in [2.05, 4.69) is 9.97 Å². The van der Waals surface area contributed by atoms with Gasteiger partial charge in [0.2, 0.25) is 0 Å². The Bertz CT molecular complexity index is 845. The fourth-order valence-corrected chi connectivity index (χ4v) is 2.69. The van der Waals surface area contributed by atoms with Crippen molar-refractivity contribution in [2.45, 2.75) is 12.8 Å². The molecule has 4 rings (SSSR count). The molecule has 0 amide bonds. The number of hydrogen-bond acceptors (Lipinski definition) is 3. The van der Waals surface area contributed by atoms with Gasteiger partial charge in [0.05, 0.1) is 24.8 Å². The van der Waals surface area contributed by atoms with Crippen LogP contribution >= 0.6 is 0 Å². The summed E-state index contributed by atoms with van der Waals surface area (Å²) in [6, 6.07) is 13.9. The second-order valence-electron chi connectivity index (χ2n) is 6.11. The van der Waals surface area contributed by atoms with Crippen molar-refractivity contribution in [1.29, 1.82) is 0 Å². The van der Waals surface area contributed by atoms with Gasteiger partial charge < -0.3 is 14.5 Å². The molecular weight excluding hydrogens is 300 g/mol. The summed E-state index contributed by atoms with van der Waals surface area (Å²) in [5, 5.41) is 0. The van der Waals surface area contributed by atoms with Crippen molar-refractivity contribution in [3.63, 3.8) is 0 Å². The molecule has 1 aromatic heterocycles. The van der Waals surface area contributed by atoms with Gasteiger partial charge in [0.15, 0.2) is 11.5 Å². The van der Waals surface area contributed by atoms with Gasteiger partial charge >= 0.3 is 0 Å². The van der Waals surface area contributed by atoms with Crippen LogP contribution in [0.5, 0.6) is 11.5 Å². The Morgan fingerprint density at radius 3 is 2.79 bits per heavy atom. The first kappa shape index (κ1) is 14.8. The van der Waals surface area contributed by atoms with Crippen molar-refractivity contribution >= 4 is 23.2 Å². The van der Waals surface area contributed by atoms with Gasteiger partial charge in [-0.15, -0.1) is 0 Å². The van der Waals surface area contributed by atoms with Gasteiger partial charge in [0.25, 0.3) is 0 Å². The molecule has 0 bridgehead atoms. The lowest BCUT2D eigenvalue weighted by molar-refractivity contribution is 0.280. The summed E-state index contributed by atoms with van der Waals surface area (Å²) in [6.45, 7) is 0.756. The SMILES string of the molecule is COc1cccc(/C=C/c2nc3ccccc3[nH]2)c1OCC1CC1. The molecule has 24 heavy (non-hydrogen) atoms. The first-order valence-electron chi connectivity index (χ1n) is 8.26. The molecule has 4 nitrogen and oxygen atoms in total. The molecule has 1 heterocycles. The molecule has 1 N–H and O–H groups in total. The number of ether oxygens (including phenoxy) is 2. The molecule has 3 aromatic rings. The number of aromatic nitrogens is 2. The smallest absolute Gasteiger partial charge is 0.168 e. The van der Waals surface area contributed by atoms with Crippen molar-refractivity contribution in [3.05, 3.63) is 53.9 Å². The van der Waals surface area contributed by atoms with Crippen molar-refractivity contribution < 1.29 is 9.47 Å². The van der Waals surface area contributed by atoms with Crippen LogP contribution < -0.4 is 9.47 Å². The van der Waals surface area contributed by atoms with Crippen molar-refractivity contribution in [2.75, 3.05) is 13.7 Å². The molecule has 1 fully saturated rings. The van der Waals surface area contributed by atoms with E-state index >= 15 is 0 Å². The maximum Gasteiger partial charge on any atom is 0.168 e. The van der Waals surface area contributed by atoms with E-state index in [1.807, 2.05) is 54.6 Å². The van der Waals surface area contributed by atoms with E-state index in [9.17, 15) is 0 Å². The summed E-state index contributed by atoms with van der Waals surface area (Å²) >= 11 is 0.